The van der Waals surface area contributed by atoms with Gasteiger partial charge in [0.15, 0.2) is 0 Å². The van der Waals surface area contributed by atoms with Crippen LogP contribution in [0.25, 0.3) is 0 Å². The molecule has 1 aromatic rings. The van der Waals surface area contributed by atoms with Gasteiger partial charge in [0.2, 0.25) is 65.0 Å². The first-order chi connectivity index (χ1) is 46.0. The molecule has 7 N–H and O–H groups in total. The molecular weight excluding hydrogens is 1300 g/mol. The number of hydrogen-bond donors (Lipinski definition) is 7. The van der Waals surface area contributed by atoms with Crippen molar-refractivity contribution in [2.45, 2.75) is 241 Å². The van der Waals surface area contributed by atoms with Crippen LogP contribution in [0.4, 0.5) is 4.79 Å². The maximum Gasteiger partial charge on any atom is 0.407 e. The van der Waals surface area contributed by atoms with E-state index in [9.17, 15) is 53.4 Å². The van der Waals surface area contributed by atoms with E-state index in [0.717, 1.165) is 14.7 Å². The Morgan fingerprint density at radius 1 is 0.505 bits per heavy atom. The Morgan fingerprint density at radius 2 is 0.939 bits per heavy atom. The van der Waals surface area contributed by atoms with Gasteiger partial charge in [-0.25, -0.2) is 4.79 Å². The summed E-state index contributed by atoms with van der Waals surface area (Å²) in [4.78, 5) is 185. The first-order valence-corrected chi connectivity index (χ1v) is 35.4. The van der Waals surface area contributed by atoms with E-state index in [1.807, 2.05) is 55.4 Å². The average Bonchev–Trinajstić information content (AvgIpc) is 0.807. The number of ether oxygens (including phenoxy) is 1. The van der Waals surface area contributed by atoms with Gasteiger partial charge in [-0.1, -0.05) is 134 Å². The van der Waals surface area contributed by atoms with E-state index < -0.39 is 168 Å². The monoisotopic (exact) mass is 1420 g/mol. The first-order valence-electron chi connectivity index (χ1n) is 35.0. The average molecular weight is 1420 g/mol. The molecule has 0 aliphatic carbocycles. The smallest absolute Gasteiger partial charge is 0.407 e. The van der Waals surface area contributed by atoms with E-state index in [1.54, 1.807) is 72.7 Å². The van der Waals surface area contributed by atoms with E-state index in [2.05, 4.69) is 26.6 Å². The van der Waals surface area contributed by atoms with E-state index in [-0.39, 0.29) is 88.2 Å². The fourth-order valence-electron chi connectivity index (χ4n) is 12.2. The number of carbonyl (C=O) groups excluding carboxylic acids is 12. The highest BCUT2D eigenvalue weighted by Gasteiger charge is 2.46. The van der Waals surface area contributed by atoms with Crippen LogP contribution in [0.3, 0.4) is 0 Å². The van der Waals surface area contributed by atoms with Crippen molar-refractivity contribution < 1.29 is 72.5 Å². The summed E-state index contributed by atoms with van der Waals surface area (Å²) in [6.45, 7) is 26.8. The van der Waals surface area contributed by atoms with Gasteiger partial charge < -0.3 is 75.8 Å². The lowest BCUT2D eigenvalue weighted by atomic mass is 9.93. The molecule has 0 aromatic heterocycles. The van der Waals surface area contributed by atoms with E-state index >= 15 is 14.4 Å². The molecule has 1 heterocycles. The zero-order valence-corrected chi connectivity index (χ0v) is 64.0. The van der Waals surface area contributed by atoms with Crippen LogP contribution in [0.1, 0.15) is 168 Å². The van der Waals surface area contributed by atoms with Crippen molar-refractivity contribution in [3.8, 4) is 0 Å². The molecule has 28 heteroatoms. The summed E-state index contributed by atoms with van der Waals surface area (Å²) in [6.07, 6.45) is -1.57. The zero-order valence-electron chi connectivity index (χ0n) is 63.3. The minimum atomic E-state index is -1.67. The van der Waals surface area contributed by atoms with E-state index in [4.69, 9.17) is 16.3 Å². The van der Waals surface area contributed by atoms with Crippen LogP contribution in [0.15, 0.2) is 24.3 Å². The zero-order chi connectivity index (χ0) is 75.9. The van der Waals surface area contributed by atoms with Gasteiger partial charge in [0.1, 0.15) is 73.1 Å². The fourth-order valence-corrected chi connectivity index (χ4v) is 12.4. The molecule has 2 rings (SSSR count). The van der Waals surface area contributed by atoms with Gasteiger partial charge >= 0.3 is 6.09 Å². The third-order valence-corrected chi connectivity index (χ3v) is 18.7. The summed E-state index contributed by atoms with van der Waals surface area (Å²) in [7, 11) is 9.53. The Bertz CT molecular complexity index is 2890. The molecule has 0 bridgehead atoms. The number of alkyl carbamates (subject to hydrolysis) is 1. The highest BCUT2D eigenvalue weighted by molar-refractivity contribution is 6.31. The molecular formula is C71H121ClN12O15. The number of carbonyl (C=O) groups is 12. The number of benzene rings is 1. The highest BCUT2D eigenvalue weighted by Crippen LogP contribution is 2.26. The van der Waals surface area contributed by atoms with Crippen molar-refractivity contribution in [3.63, 3.8) is 0 Å². The van der Waals surface area contributed by atoms with Crippen LogP contribution in [0.2, 0.25) is 5.02 Å². The Hall–Kier alpha value is -7.13. The maximum atomic E-state index is 15.2. The Kier molecular flexibility index (Phi) is 36.4. The second-order valence-electron chi connectivity index (χ2n) is 29.4. The second kappa shape index (κ2) is 41.0. The van der Waals surface area contributed by atoms with Crippen LogP contribution in [0, 0.1) is 41.4 Å². The van der Waals surface area contributed by atoms with Crippen LogP contribution in [-0.4, -0.2) is 251 Å². The van der Waals surface area contributed by atoms with Gasteiger partial charge in [-0.2, -0.15) is 0 Å². The van der Waals surface area contributed by atoms with Gasteiger partial charge in [-0.15, -0.1) is 0 Å². The fraction of sp³-hybridized carbons (Fsp3) is 0.746. The standard InChI is InChI=1S/C71H121ClN12O15/c1-24-49-65(92)82(21)55(37-85)68(95)78(17)52(34-40(4)5)62(89)77-56(43(10)11)69(96)79(18)51(33-39(2)3)61(88)76-50(31-27-28-32-73-71(98)99-38-47-29-25-26-30-48(47)72)60(87)74-46(16)64(91)80(19)53(35-41(6)7)66(93)81(20)54(36-42(8)9)67(94)83(22)57(44(12)13)70(97)84(23)58(63(90)75-49)59(86)45(14)15/h25-26,29-30,39-46,49-59,85-86H,24,27-28,31-38H2,1-23H3,(H,73,98)(H,74,87)(H,75,90)(H,76,88)(H,77,89)/t46-,49+,50+,51+,52+,53+,54+,55-,56+,57+,58+,59-/m1/s1. The molecule has 562 valence electrons. The maximum absolute atomic E-state index is 15.2. The lowest BCUT2D eigenvalue weighted by Crippen LogP contribution is -2.64. The summed E-state index contributed by atoms with van der Waals surface area (Å²) >= 11 is 6.25. The molecule has 12 amide bonds. The molecule has 99 heavy (non-hydrogen) atoms. The normalized spacial score (nSPS) is 25.0. The van der Waals surface area contributed by atoms with Crippen molar-refractivity contribution >= 4 is 82.7 Å². The van der Waals surface area contributed by atoms with E-state index in [1.165, 1.54) is 75.9 Å². The first kappa shape index (κ1) is 88.0. The number of amides is 12. The molecule has 27 nitrogen and oxygen atoms in total. The van der Waals surface area contributed by atoms with Crippen LogP contribution >= 0.6 is 11.6 Å². The van der Waals surface area contributed by atoms with Gasteiger partial charge in [0.05, 0.1) is 12.7 Å². The third-order valence-electron chi connectivity index (χ3n) is 18.3. The molecule has 0 spiro atoms. The number of halogens is 1. The van der Waals surface area contributed by atoms with Gasteiger partial charge in [0, 0.05) is 66.5 Å². The SMILES string of the molecule is CC[C@@H]1NC(=O)[C@H]([C@H](O)C(C)C)N(C)C(=O)[C@H](C(C)C)N(C)C(=O)[C@H](CC(C)C)N(C)C(=O)[C@H](CC(C)C)N(C)C(=O)[C@@H](C)NC(=O)[C@H](CCCCNC(=O)OCc2ccccc2Cl)NC(=O)[C@H](CC(C)C)N(C)C(=O)[C@H](C(C)C)NC(=O)[C@H](CC(C)C)N(C)C(=O)[C@@H](CO)N(C)C1=O. The van der Waals surface area contributed by atoms with Crippen molar-refractivity contribution in [3.05, 3.63) is 34.9 Å². The lowest BCUT2D eigenvalue weighted by Gasteiger charge is -2.41. The number of nitrogens with one attached hydrogen (secondary N) is 5. The largest absolute Gasteiger partial charge is 0.445 e. The summed E-state index contributed by atoms with van der Waals surface area (Å²) in [5.74, 6) is -11.2. The van der Waals surface area contributed by atoms with Crippen molar-refractivity contribution in [2.75, 3.05) is 62.5 Å². The van der Waals surface area contributed by atoms with Crippen molar-refractivity contribution in [1.82, 2.24) is 60.9 Å². The number of hydrogen-bond acceptors (Lipinski definition) is 15. The molecule has 0 unspecified atom stereocenters. The molecule has 0 saturated carbocycles. The van der Waals surface area contributed by atoms with E-state index in [0.29, 0.717) is 10.6 Å². The summed E-state index contributed by atoms with van der Waals surface area (Å²) in [6, 6.07) is -8.12. The Balaban J connectivity index is 3.02. The Labute approximate surface area is 593 Å². The number of likely N-dealkylation sites (N-methyl/N-ethyl adjacent to an activating group) is 7. The lowest BCUT2D eigenvalue weighted by molar-refractivity contribution is -0.157. The van der Waals surface area contributed by atoms with Crippen molar-refractivity contribution in [1.29, 1.82) is 0 Å². The molecule has 1 saturated heterocycles. The van der Waals surface area contributed by atoms with Gasteiger partial charge in [-0.3, -0.25) is 52.7 Å². The van der Waals surface area contributed by atoms with Gasteiger partial charge in [0.25, 0.3) is 0 Å². The predicted molar refractivity (Wildman–Crippen MR) is 379 cm³/mol. The number of aliphatic hydroxyl groups excluding tert-OH is 2. The van der Waals surface area contributed by atoms with Crippen molar-refractivity contribution in [2.24, 2.45) is 41.4 Å². The van der Waals surface area contributed by atoms with Gasteiger partial charge in [-0.05, 0) is 106 Å². The highest BCUT2D eigenvalue weighted by atomic mass is 35.5. The minimum absolute atomic E-state index is 0.0398. The quantitative estimate of drug-likeness (QED) is 0.0838. The molecule has 1 aliphatic rings. The van der Waals surface area contributed by atoms with Crippen LogP contribution in [-0.2, 0) is 64.1 Å². The third kappa shape index (κ3) is 25.2. The minimum Gasteiger partial charge on any atom is -0.445 e. The topological polar surface area (TPSA) is 337 Å². The summed E-state index contributed by atoms with van der Waals surface area (Å²) in [5.41, 5.74) is 0.595. The number of rotatable bonds is 21. The number of nitrogens with zero attached hydrogens (tertiary/aromatic N) is 7. The molecule has 1 aliphatic heterocycles. The molecule has 1 aromatic carbocycles. The summed E-state index contributed by atoms with van der Waals surface area (Å²) in [5, 5.41) is 37.0. The summed E-state index contributed by atoms with van der Waals surface area (Å²) < 4.78 is 5.36. The number of aliphatic hydroxyl groups is 2. The van der Waals surface area contributed by atoms with Crippen LogP contribution in [0.5, 0.6) is 0 Å². The predicted octanol–water partition coefficient (Wildman–Crippen LogP) is 4.41. The number of unbranched alkanes of at least 4 members (excludes halogenated alkanes) is 1. The Morgan fingerprint density at radius 3 is 1.41 bits per heavy atom. The molecule has 0 radical (unpaired) electrons. The van der Waals surface area contributed by atoms with Crippen LogP contribution < -0.4 is 26.6 Å². The second-order valence-corrected chi connectivity index (χ2v) is 29.8. The molecule has 12 atom stereocenters. The molecule has 1 fully saturated rings.